The van der Waals surface area contributed by atoms with Crippen LogP contribution in [0.2, 0.25) is 0 Å². The number of nitrogens with one attached hydrogen (secondary N) is 1. The molecule has 5 rings (SSSR count). The smallest absolute Gasteiger partial charge is 0.280 e. The van der Waals surface area contributed by atoms with Gasteiger partial charge in [0.15, 0.2) is 0 Å². The van der Waals surface area contributed by atoms with Crippen LogP contribution in [-0.4, -0.2) is 42.9 Å². The van der Waals surface area contributed by atoms with Crippen LogP contribution in [-0.2, 0) is 29.5 Å². The first-order valence-corrected chi connectivity index (χ1v) is 12.9. The Morgan fingerprint density at radius 2 is 1.97 bits per heavy atom. The van der Waals surface area contributed by atoms with E-state index in [9.17, 15) is 8.42 Å². The Balaban J connectivity index is 1.33. The highest BCUT2D eigenvalue weighted by Gasteiger charge is 2.59. The van der Waals surface area contributed by atoms with Gasteiger partial charge in [0.1, 0.15) is 5.75 Å². The maximum atomic E-state index is 12.8. The van der Waals surface area contributed by atoms with Gasteiger partial charge in [0.25, 0.3) is 10.2 Å². The van der Waals surface area contributed by atoms with Crippen molar-refractivity contribution in [2.24, 2.45) is 11.8 Å². The molecular weight excluding hydrogens is 410 g/mol. The average molecular weight is 442 g/mol. The minimum atomic E-state index is -3.38. The maximum absolute atomic E-state index is 12.8. The molecule has 31 heavy (non-hydrogen) atoms. The number of hydrogen-bond acceptors (Lipinski definition) is 4. The van der Waals surface area contributed by atoms with Crippen molar-refractivity contribution >= 4 is 10.2 Å². The summed E-state index contributed by atoms with van der Waals surface area (Å²) in [6, 6.07) is 12.4. The highest BCUT2D eigenvalue weighted by molar-refractivity contribution is 7.87. The summed E-state index contributed by atoms with van der Waals surface area (Å²) in [4.78, 5) is 4.35. The quantitative estimate of drug-likeness (QED) is 0.748. The second-order valence-corrected chi connectivity index (χ2v) is 10.9. The third-order valence-corrected chi connectivity index (χ3v) is 8.98. The molecule has 2 bridgehead atoms. The van der Waals surface area contributed by atoms with Crippen LogP contribution in [0.3, 0.4) is 0 Å². The zero-order valence-electron chi connectivity index (χ0n) is 18.1. The molecule has 0 unspecified atom stereocenters. The fraction of sp³-hybridized carbons (Fsp3) is 0.542. The number of ether oxygens (including phenoxy) is 1. The Bertz CT molecular complexity index is 1040. The van der Waals surface area contributed by atoms with Gasteiger partial charge in [-0.05, 0) is 79.3 Å². The summed E-state index contributed by atoms with van der Waals surface area (Å²) in [7, 11) is -3.38. The molecule has 3 atom stereocenters. The van der Waals surface area contributed by atoms with Crippen LogP contribution >= 0.6 is 0 Å². The minimum absolute atomic E-state index is 0.326. The molecular formula is C24H31N3O3S. The second-order valence-electron chi connectivity index (χ2n) is 9.21. The first-order valence-electron chi connectivity index (χ1n) is 11.4. The SMILES string of the molecule is CCCN1C[C@]2(NS1(=O)=O)[C@@H]1CC[C@H]2Cc2ccc(OCCc3ccccn3)cc2C1. The molecule has 1 N–H and O–H groups in total. The number of aromatic nitrogens is 1. The number of pyridine rings is 1. The molecule has 7 heteroatoms. The van der Waals surface area contributed by atoms with E-state index < -0.39 is 10.2 Å². The lowest BCUT2D eigenvalue weighted by atomic mass is 9.79. The van der Waals surface area contributed by atoms with E-state index in [1.54, 1.807) is 4.31 Å². The fourth-order valence-electron chi connectivity index (χ4n) is 5.84. The number of nitrogens with zero attached hydrogens (tertiary/aromatic N) is 2. The molecule has 1 aromatic heterocycles. The van der Waals surface area contributed by atoms with Crippen LogP contribution in [0.1, 0.15) is 43.0 Å². The Labute approximate surface area is 185 Å². The van der Waals surface area contributed by atoms with E-state index in [0.717, 1.165) is 50.0 Å². The molecule has 1 aliphatic heterocycles. The van der Waals surface area contributed by atoms with E-state index in [4.69, 9.17) is 4.74 Å². The van der Waals surface area contributed by atoms with E-state index >= 15 is 0 Å². The van der Waals surface area contributed by atoms with Crippen LogP contribution in [0.5, 0.6) is 5.75 Å². The van der Waals surface area contributed by atoms with Crippen molar-refractivity contribution in [3.8, 4) is 5.75 Å². The molecule has 6 nitrogen and oxygen atoms in total. The Kier molecular flexibility index (Phi) is 5.52. The molecule has 1 saturated heterocycles. The van der Waals surface area contributed by atoms with Gasteiger partial charge in [-0.2, -0.15) is 17.4 Å². The van der Waals surface area contributed by atoms with E-state index in [2.05, 4.69) is 27.9 Å². The topological polar surface area (TPSA) is 71.5 Å². The molecule has 1 aromatic carbocycles. The monoisotopic (exact) mass is 441 g/mol. The molecule has 2 aromatic rings. The molecule has 1 saturated carbocycles. The molecule has 0 radical (unpaired) electrons. The van der Waals surface area contributed by atoms with Crippen molar-refractivity contribution in [2.75, 3.05) is 19.7 Å². The van der Waals surface area contributed by atoms with Crippen LogP contribution in [0.4, 0.5) is 0 Å². The van der Waals surface area contributed by atoms with Gasteiger partial charge in [-0.1, -0.05) is 19.1 Å². The lowest BCUT2D eigenvalue weighted by molar-refractivity contribution is 0.213. The van der Waals surface area contributed by atoms with E-state index in [1.807, 2.05) is 31.3 Å². The van der Waals surface area contributed by atoms with Gasteiger partial charge in [-0.25, -0.2) is 0 Å². The molecule has 0 amide bonds. The van der Waals surface area contributed by atoms with Gasteiger partial charge in [0.2, 0.25) is 0 Å². The van der Waals surface area contributed by atoms with Crippen molar-refractivity contribution in [1.82, 2.24) is 14.0 Å². The van der Waals surface area contributed by atoms with Gasteiger partial charge in [0, 0.05) is 31.4 Å². The van der Waals surface area contributed by atoms with Crippen LogP contribution in [0.15, 0.2) is 42.6 Å². The second kappa shape index (κ2) is 8.19. The largest absolute Gasteiger partial charge is 0.493 e. The summed E-state index contributed by atoms with van der Waals surface area (Å²) in [5, 5.41) is 0. The van der Waals surface area contributed by atoms with E-state index in [-0.39, 0.29) is 5.54 Å². The van der Waals surface area contributed by atoms with Gasteiger partial charge in [-0.3, -0.25) is 4.98 Å². The standard InChI is InChI=1S/C24H31N3O3S/c1-2-12-27-17-24(26-31(27,28)29)20-7-8-21(24)15-19-16-23(9-6-18(19)14-20)30-13-10-22-5-3-4-11-25-22/h3-6,9,11,16,20-21,26H,2,7-8,10,12-15,17H2,1H3/t20-,21+,24+/m0/s1. The van der Waals surface area contributed by atoms with Crippen molar-refractivity contribution in [2.45, 2.75) is 51.0 Å². The molecule has 3 aliphatic rings. The predicted octanol–water partition coefficient (Wildman–Crippen LogP) is 3.13. The third-order valence-electron chi connectivity index (χ3n) is 7.35. The normalized spacial score (nSPS) is 29.1. The highest BCUT2D eigenvalue weighted by atomic mass is 32.2. The Morgan fingerprint density at radius 1 is 1.16 bits per heavy atom. The fourth-order valence-corrected chi connectivity index (χ4v) is 7.65. The van der Waals surface area contributed by atoms with Crippen LogP contribution in [0, 0.1) is 11.8 Å². The predicted molar refractivity (Wildman–Crippen MR) is 120 cm³/mol. The average Bonchev–Trinajstić information content (AvgIpc) is 3.14. The van der Waals surface area contributed by atoms with E-state index in [0.29, 0.717) is 31.5 Å². The van der Waals surface area contributed by atoms with Crippen molar-refractivity contribution in [3.05, 3.63) is 59.4 Å². The number of rotatable bonds is 6. The summed E-state index contributed by atoms with van der Waals surface area (Å²) in [6.07, 6.45) is 7.44. The van der Waals surface area contributed by atoms with Crippen molar-refractivity contribution in [3.63, 3.8) is 0 Å². The lowest BCUT2D eigenvalue weighted by Gasteiger charge is -2.33. The maximum Gasteiger partial charge on any atom is 0.280 e. The number of benzene rings is 1. The Hall–Kier alpha value is -1.96. The summed E-state index contributed by atoms with van der Waals surface area (Å²) >= 11 is 0. The summed E-state index contributed by atoms with van der Waals surface area (Å²) in [6.45, 7) is 3.84. The third kappa shape index (κ3) is 3.88. The van der Waals surface area contributed by atoms with Gasteiger partial charge in [0.05, 0.1) is 12.1 Å². The van der Waals surface area contributed by atoms with Crippen molar-refractivity contribution < 1.29 is 13.2 Å². The zero-order valence-corrected chi connectivity index (χ0v) is 18.9. The molecule has 2 aliphatic carbocycles. The molecule has 2 fully saturated rings. The number of hydrogen-bond donors (Lipinski definition) is 1. The van der Waals surface area contributed by atoms with Gasteiger partial charge in [-0.15, -0.1) is 0 Å². The van der Waals surface area contributed by atoms with Crippen molar-refractivity contribution in [1.29, 1.82) is 0 Å². The molecule has 1 spiro atoms. The van der Waals surface area contributed by atoms with Crippen LogP contribution in [0.25, 0.3) is 0 Å². The summed E-state index contributed by atoms with van der Waals surface area (Å²) in [5.41, 5.74) is 3.36. The first kappa shape index (κ1) is 20.9. The summed E-state index contributed by atoms with van der Waals surface area (Å²) < 4.78 is 36.5. The Morgan fingerprint density at radius 3 is 2.71 bits per heavy atom. The molecule has 2 heterocycles. The van der Waals surface area contributed by atoms with Gasteiger partial charge < -0.3 is 4.74 Å². The first-order chi connectivity index (χ1) is 15.0. The van der Waals surface area contributed by atoms with Crippen LogP contribution < -0.4 is 9.46 Å². The highest BCUT2D eigenvalue weighted by Crippen LogP contribution is 2.50. The summed E-state index contributed by atoms with van der Waals surface area (Å²) in [5.74, 6) is 1.58. The minimum Gasteiger partial charge on any atom is -0.493 e. The lowest BCUT2D eigenvalue weighted by Crippen LogP contribution is -2.52. The molecule has 166 valence electrons. The van der Waals surface area contributed by atoms with E-state index in [1.165, 1.54) is 11.1 Å². The number of fused-ring (bicyclic) bond motifs is 1. The van der Waals surface area contributed by atoms with Gasteiger partial charge >= 0.3 is 0 Å². The zero-order chi connectivity index (χ0) is 21.5.